The van der Waals surface area contributed by atoms with Crippen LogP contribution in [0.3, 0.4) is 0 Å². The molecule has 1 unspecified atom stereocenters. The van der Waals surface area contributed by atoms with Crippen molar-refractivity contribution < 1.29 is 9.59 Å². The smallest absolute Gasteiger partial charge is 0.243 e. The van der Waals surface area contributed by atoms with E-state index in [2.05, 4.69) is 22.8 Å². The van der Waals surface area contributed by atoms with Crippen LogP contribution in [0, 0.1) is 32.1 Å². The summed E-state index contributed by atoms with van der Waals surface area (Å²) in [4.78, 5) is 26.7. The summed E-state index contributed by atoms with van der Waals surface area (Å²) in [6.45, 7) is 8.14. The van der Waals surface area contributed by atoms with Crippen LogP contribution in [0.25, 0.3) is 0 Å². The number of nitrogens with one attached hydrogen (secondary N) is 2. The summed E-state index contributed by atoms with van der Waals surface area (Å²) in [6, 6.07) is 4.12. The minimum Gasteiger partial charge on any atom is -0.336 e. The first-order chi connectivity index (χ1) is 11.8. The number of likely N-dealkylation sites (N-methyl/N-ethyl adjacent to an activating group) is 1. The Morgan fingerprint density at radius 2 is 1.80 bits per heavy atom. The Balaban J connectivity index is 1.57. The number of aryl methyl sites for hydroxylation is 3. The fourth-order valence-electron chi connectivity index (χ4n) is 4.29. The van der Waals surface area contributed by atoms with E-state index in [9.17, 15) is 9.59 Å². The highest BCUT2D eigenvalue weighted by molar-refractivity contribution is 5.96. The predicted octanol–water partition coefficient (Wildman–Crippen LogP) is 2.40. The van der Waals surface area contributed by atoms with Crippen LogP contribution in [0.15, 0.2) is 12.1 Å². The quantitative estimate of drug-likeness (QED) is 0.882. The number of hydrogen-bond donors (Lipinski definition) is 2. The Bertz CT molecular complexity index is 669. The van der Waals surface area contributed by atoms with Gasteiger partial charge in [0.1, 0.15) is 0 Å². The number of carbonyl (C=O) groups is 2. The first-order valence-electron chi connectivity index (χ1n) is 9.16. The van der Waals surface area contributed by atoms with Crippen molar-refractivity contribution in [2.24, 2.45) is 11.3 Å². The van der Waals surface area contributed by atoms with Crippen molar-refractivity contribution in [1.29, 1.82) is 0 Å². The second-order valence-corrected chi connectivity index (χ2v) is 7.89. The first kappa shape index (κ1) is 17.9. The highest BCUT2D eigenvalue weighted by atomic mass is 16.2. The average Bonchev–Trinajstić information content (AvgIpc) is 3.23. The molecule has 1 heterocycles. The molecule has 0 radical (unpaired) electrons. The van der Waals surface area contributed by atoms with Crippen molar-refractivity contribution in [2.45, 2.75) is 40.0 Å². The minimum atomic E-state index is -0.133. The van der Waals surface area contributed by atoms with E-state index < -0.39 is 0 Å². The number of rotatable bonds is 4. The number of amides is 2. The Kier molecular flexibility index (Phi) is 4.87. The molecule has 136 valence electrons. The summed E-state index contributed by atoms with van der Waals surface area (Å²) in [6.07, 6.45) is 3.13. The Labute approximate surface area is 150 Å². The van der Waals surface area contributed by atoms with Crippen LogP contribution in [0.1, 0.15) is 36.0 Å². The summed E-state index contributed by atoms with van der Waals surface area (Å²) in [5.41, 5.74) is 4.35. The van der Waals surface area contributed by atoms with Gasteiger partial charge in [-0.25, -0.2) is 0 Å². The molecule has 2 fully saturated rings. The van der Waals surface area contributed by atoms with Gasteiger partial charge in [-0.1, -0.05) is 17.7 Å². The van der Waals surface area contributed by atoms with Crippen molar-refractivity contribution in [2.75, 3.05) is 32.0 Å². The number of anilines is 1. The molecule has 1 saturated heterocycles. The second-order valence-electron chi connectivity index (χ2n) is 7.89. The molecule has 1 spiro atoms. The van der Waals surface area contributed by atoms with Gasteiger partial charge in [0.2, 0.25) is 11.8 Å². The van der Waals surface area contributed by atoms with Gasteiger partial charge in [0.05, 0.1) is 6.54 Å². The van der Waals surface area contributed by atoms with Gasteiger partial charge in [0, 0.05) is 18.7 Å². The Morgan fingerprint density at radius 1 is 1.20 bits per heavy atom. The van der Waals surface area contributed by atoms with Crippen LogP contribution < -0.4 is 10.6 Å². The molecule has 5 heteroatoms. The van der Waals surface area contributed by atoms with Gasteiger partial charge < -0.3 is 15.5 Å². The van der Waals surface area contributed by atoms with E-state index in [1.807, 2.05) is 20.8 Å². The SMILES string of the molecule is Cc1cc(C)c(NC(=O)CN(C)C(=O)C2CC23CCNCC3)c(C)c1. The summed E-state index contributed by atoms with van der Waals surface area (Å²) >= 11 is 0. The van der Waals surface area contributed by atoms with Crippen molar-refractivity contribution in [3.8, 4) is 0 Å². The summed E-state index contributed by atoms with van der Waals surface area (Å²) < 4.78 is 0. The monoisotopic (exact) mass is 343 g/mol. The first-order valence-corrected chi connectivity index (χ1v) is 9.16. The zero-order valence-corrected chi connectivity index (χ0v) is 15.7. The molecular weight excluding hydrogens is 314 g/mol. The van der Waals surface area contributed by atoms with E-state index in [0.717, 1.165) is 49.2 Å². The largest absolute Gasteiger partial charge is 0.336 e. The molecule has 3 rings (SSSR count). The van der Waals surface area contributed by atoms with E-state index in [-0.39, 0.29) is 29.7 Å². The van der Waals surface area contributed by atoms with Crippen LogP contribution in [0.2, 0.25) is 0 Å². The van der Waals surface area contributed by atoms with Gasteiger partial charge in [0.25, 0.3) is 0 Å². The predicted molar refractivity (Wildman–Crippen MR) is 99.6 cm³/mol. The van der Waals surface area contributed by atoms with Crippen molar-refractivity contribution in [3.05, 3.63) is 28.8 Å². The molecule has 1 atom stereocenters. The molecule has 0 bridgehead atoms. The fourth-order valence-corrected chi connectivity index (χ4v) is 4.29. The van der Waals surface area contributed by atoms with Crippen LogP contribution in [0.5, 0.6) is 0 Å². The molecule has 25 heavy (non-hydrogen) atoms. The lowest BCUT2D eigenvalue weighted by molar-refractivity contribution is -0.135. The molecule has 1 aliphatic heterocycles. The summed E-state index contributed by atoms with van der Waals surface area (Å²) in [7, 11) is 1.74. The van der Waals surface area contributed by atoms with Crippen LogP contribution in [0.4, 0.5) is 5.69 Å². The maximum Gasteiger partial charge on any atom is 0.243 e. The minimum absolute atomic E-state index is 0.107. The van der Waals surface area contributed by atoms with Crippen LogP contribution in [-0.2, 0) is 9.59 Å². The molecule has 1 aromatic rings. The maximum atomic E-state index is 12.7. The fraction of sp³-hybridized carbons (Fsp3) is 0.600. The van der Waals surface area contributed by atoms with E-state index in [4.69, 9.17) is 0 Å². The van der Waals surface area contributed by atoms with Gasteiger partial charge in [-0.15, -0.1) is 0 Å². The zero-order chi connectivity index (χ0) is 18.2. The second kappa shape index (κ2) is 6.79. The molecule has 1 saturated carbocycles. The lowest BCUT2D eigenvalue weighted by atomic mass is 9.91. The van der Waals surface area contributed by atoms with Gasteiger partial charge in [-0.3, -0.25) is 9.59 Å². The molecule has 0 aromatic heterocycles. The normalized spacial score (nSPS) is 21.0. The molecular formula is C20H29N3O2. The Morgan fingerprint density at radius 3 is 2.40 bits per heavy atom. The van der Waals surface area contributed by atoms with Crippen molar-refractivity contribution in [1.82, 2.24) is 10.2 Å². The standard InChI is InChI=1S/C20H29N3O2/c1-13-9-14(2)18(15(3)10-13)22-17(24)12-23(4)19(25)16-11-20(16)5-7-21-8-6-20/h9-10,16,21H,5-8,11-12H2,1-4H3,(H,22,24). The highest BCUT2D eigenvalue weighted by Crippen LogP contribution is 2.59. The summed E-state index contributed by atoms with van der Waals surface area (Å²) in [5.74, 6) is 0.0931. The lowest BCUT2D eigenvalue weighted by Crippen LogP contribution is -2.38. The Hall–Kier alpha value is -1.88. The van der Waals surface area contributed by atoms with E-state index in [1.165, 1.54) is 5.56 Å². The molecule has 5 nitrogen and oxygen atoms in total. The third-order valence-corrected chi connectivity index (χ3v) is 5.79. The van der Waals surface area contributed by atoms with E-state index >= 15 is 0 Å². The number of piperidine rings is 1. The maximum absolute atomic E-state index is 12.7. The number of nitrogens with zero attached hydrogens (tertiary/aromatic N) is 1. The van der Waals surface area contributed by atoms with Gasteiger partial charge in [-0.05, 0) is 69.7 Å². The zero-order valence-electron chi connectivity index (χ0n) is 15.7. The molecule has 2 amide bonds. The molecule has 2 aliphatic rings. The lowest BCUT2D eigenvalue weighted by Gasteiger charge is -2.25. The van der Waals surface area contributed by atoms with Gasteiger partial charge >= 0.3 is 0 Å². The molecule has 1 aliphatic carbocycles. The number of carbonyl (C=O) groups excluding carboxylic acids is 2. The number of hydrogen-bond acceptors (Lipinski definition) is 3. The van der Waals surface area contributed by atoms with Crippen molar-refractivity contribution >= 4 is 17.5 Å². The average molecular weight is 343 g/mol. The van der Waals surface area contributed by atoms with Gasteiger partial charge in [-0.2, -0.15) is 0 Å². The van der Waals surface area contributed by atoms with Crippen LogP contribution in [-0.4, -0.2) is 43.4 Å². The number of benzene rings is 1. The van der Waals surface area contributed by atoms with Crippen LogP contribution >= 0.6 is 0 Å². The molecule has 1 aromatic carbocycles. The topological polar surface area (TPSA) is 61.4 Å². The third kappa shape index (κ3) is 3.71. The van der Waals surface area contributed by atoms with Gasteiger partial charge in [0.15, 0.2) is 0 Å². The van der Waals surface area contributed by atoms with E-state index in [0.29, 0.717) is 0 Å². The van der Waals surface area contributed by atoms with E-state index in [1.54, 1.807) is 11.9 Å². The third-order valence-electron chi connectivity index (χ3n) is 5.79. The highest BCUT2D eigenvalue weighted by Gasteiger charge is 2.58. The van der Waals surface area contributed by atoms with Crippen molar-refractivity contribution in [3.63, 3.8) is 0 Å². The molecule has 2 N–H and O–H groups in total. The summed E-state index contributed by atoms with van der Waals surface area (Å²) in [5, 5.41) is 6.33.